The number of benzene rings is 2. The maximum atomic E-state index is 12.4. The van der Waals surface area contributed by atoms with Crippen LogP contribution >= 0.6 is 0 Å². The molecule has 0 spiro atoms. The zero-order valence-corrected chi connectivity index (χ0v) is 13.3. The number of hydrogen-bond donors (Lipinski definition) is 3. The Morgan fingerprint density at radius 3 is 2.48 bits per heavy atom. The van der Waals surface area contributed by atoms with E-state index in [1.807, 2.05) is 37.3 Å². The Morgan fingerprint density at radius 1 is 1.04 bits per heavy atom. The summed E-state index contributed by atoms with van der Waals surface area (Å²) in [5.74, 6) is -0.325. The van der Waals surface area contributed by atoms with Crippen molar-refractivity contribution in [1.29, 1.82) is 0 Å². The van der Waals surface area contributed by atoms with Gasteiger partial charge in [-0.25, -0.2) is 0 Å². The molecule has 0 aliphatic carbocycles. The third kappa shape index (κ3) is 4.93. The summed E-state index contributed by atoms with van der Waals surface area (Å²) in [4.78, 5) is 23.9. The predicted octanol–water partition coefficient (Wildman–Crippen LogP) is 2.34. The number of carbonyl (C=O) groups is 2. The van der Waals surface area contributed by atoms with Gasteiger partial charge < -0.3 is 16.0 Å². The van der Waals surface area contributed by atoms with Gasteiger partial charge in [0.25, 0.3) is 5.91 Å². The highest BCUT2D eigenvalue weighted by molar-refractivity contribution is 5.97. The molecule has 2 rings (SSSR count). The van der Waals surface area contributed by atoms with Gasteiger partial charge in [0.2, 0.25) is 5.91 Å². The van der Waals surface area contributed by atoms with Gasteiger partial charge in [0.1, 0.15) is 0 Å². The predicted molar refractivity (Wildman–Crippen MR) is 91.3 cm³/mol. The largest absolute Gasteiger partial charge is 0.346 e. The first-order valence-electron chi connectivity index (χ1n) is 7.50. The van der Waals surface area contributed by atoms with Crippen LogP contribution in [0.5, 0.6) is 0 Å². The normalized spacial score (nSPS) is 11.6. The zero-order chi connectivity index (χ0) is 16.7. The van der Waals surface area contributed by atoms with E-state index in [1.165, 1.54) is 0 Å². The Hall–Kier alpha value is -2.66. The van der Waals surface area contributed by atoms with Crippen molar-refractivity contribution in [1.82, 2.24) is 10.6 Å². The molecule has 0 saturated heterocycles. The van der Waals surface area contributed by atoms with E-state index in [1.54, 1.807) is 31.3 Å². The molecular weight excluding hydrogens is 290 g/mol. The summed E-state index contributed by atoms with van der Waals surface area (Å²) in [6.07, 6.45) is 0. The Morgan fingerprint density at radius 2 is 1.78 bits per heavy atom. The van der Waals surface area contributed by atoms with Crippen LogP contribution in [0.15, 0.2) is 54.6 Å². The van der Waals surface area contributed by atoms with E-state index in [4.69, 9.17) is 0 Å². The lowest BCUT2D eigenvalue weighted by molar-refractivity contribution is -0.115. The van der Waals surface area contributed by atoms with Crippen LogP contribution < -0.4 is 16.0 Å². The van der Waals surface area contributed by atoms with Gasteiger partial charge in [-0.1, -0.05) is 36.4 Å². The molecule has 0 fully saturated rings. The lowest BCUT2D eigenvalue weighted by Crippen LogP contribution is -2.27. The van der Waals surface area contributed by atoms with Gasteiger partial charge in [0, 0.05) is 11.3 Å². The molecule has 2 aromatic carbocycles. The summed E-state index contributed by atoms with van der Waals surface area (Å²) >= 11 is 0. The van der Waals surface area contributed by atoms with Gasteiger partial charge in [-0.15, -0.1) is 0 Å². The average Bonchev–Trinajstić information content (AvgIpc) is 2.56. The molecule has 120 valence electrons. The van der Waals surface area contributed by atoms with E-state index < -0.39 is 0 Å². The number of carbonyl (C=O) groups excluding carboxylic acids is 2. The summed E-state index contributed by atoms with van der Waals surface area (Å²) < 4.78 is 0. The van der Waals surface area contributed by atoms with Crippen molar-refractivity contribution in [3.8, 4) is 0 Å². The SMILES string of the molecule is CNCC(=O)Nc1cccc(C(=O)NC(C)c2ccccc2)c1. The fraction of sp³-hybridized carbons (Fsp3) is 0.222. The van der Waals surface area contributed by atoms with E-state index in [0.29, 0.717) is 11.3 Å². The third-order valence-electron chi connectivity index (χ3n) is 3.39. The maximum Gasteiger partial charge on any atom is 0.251 e. The minimum absolute atomic E-state index is 0.0914. The van der Waals surface area contributed by atoms with Crippen LogP contribution in [0, 0.1) is 0 Å². The van der Waals surface area contributed by atoms with E-state index in [-0.39, 0.29) is 24.4 Å². The molecule has 0 aromatic heterocycles. The van der Waals surface area contributed by atoms with Crippen LogP contribution in [-0.2, 0) is 4.79 Å². The number of rotatable bonds is 6. The van der Waals surface area contributed by atoms with Crippen LogP contribution in [0.1, 0.15) is 28.9 Å². The Bertz CT molecular complexity index is 671. The van der Waals surface area contributed by atoms with Crippen molar-refractivity contribution < 1.29 is 9.59 Å². The standard InChI is InChI=1S/C18H21N3O2/c1-13(14-7-4-3-5-8-14)20-18(23)15-9-6-10-16(11-15)21-17(22)12-19-2/h3-11,13,19H,12H2,1-2H3,(H,20,23)(H,21,22). The first-order valence-corrected chi connectivity index (χ1v) is 7.50. The molecule has 1 unspecified atom stereocenters. The Kier molecular flexibility index (Phi) is 5.88. The van der Waals surface area contributed by atoms with E-state index in [9.17, 15) is 9.59 Å². The monoisotopic (exact) mass is 311 g/mol. The van der Waals surface area contributed by atoms with Gasteiger partial charge >= 0.3 is 0 Å². The second kappa shape index (κ2) is 8.10. The van der Waals surface area contributed by atoms with Crippen molar-refractivity contribution in [2.45, 2.75) is 13.0 Å². The van der Waals surface area contributed by atoms with Gasteiger partial charge in [0.05, 0.1) is 12.6 Å². The lowest BCUT2D eigenvalue weighted by Gasteiger charge is -2.15. The summed E-state index contributed by atoms with van der Waals surface area (Å²) in [5.41, 5.74) is 2.15. The van der Waals surface area contributed by atoms with Gasteiger partial charge in [-0.05, 0) is 37.7 Å². The van der Waals surface area contributed by atoms with Crippen LogP contribution in [0.25, 0.3) is 0 Å². The first-order chi connectivity index (χ1) is 11.1. The molecule has 0 radical (unpaired) electrons. The second-order valence-electron chi connectivity index (χ2n) is 5.27. The molecule has 5 nitrogen and oxygen atoms in total. The maximum absolute atomic E-state index is 12.4. The number of likely N-dealkylation sites (N-methyl/N-ethyl adjacent to an activating group) is 1. The lowest BCUT2D eigenvalue weighted by atomic mass is 10.1. The molecule has 23 heavy (non-hydrogen) atoms. The minimum Gasteiger partial charge on any atom is -0.346 e. The quantitative estimate of drug-likeness (QED) is 0.767. The molecule has 0 aliphatic heterocycles. The zero-order valence-electron chi connectivity index (χ0n) is 13.3. The summed E-state index contributed by atoms with van der Waals surface area (Å²) in [7, 11) is 1.70. The van der Waals surface area contributed by atoms with Crippen LogP contribution in [0.3, 0.4) is 0 Å². The fourth-order valence-electron chi connectivity index (χ4n) is 2.21. The molecule has 0 heterocycles. The van der Waals surface area contributed by atoms with Crippen molar-refractivity contribution >= 4 is 17.5 Å². The molecule has 1 atom stereocenters. The highest BCUT2D eigenvalue weighted by Gasteiger charge is 2.12. The van der Waals surface area contributed by atoms with Crippen LogP contribution in [0.2, 0.25) is 0 Å². The number of hydrogen-bond acceptors (Lipinski definition) is 3. The van der Waals surface area contributed by atoms with Crippen molar-refractivity contribution in [2.75, 3.05) is 18.9 Å². The molecule has 2 aromatic rings. The molecule has 0 aliphatic rings. The fourth-order valence-corrected chi connectivity index (χ4v) is 2.21. The number of nitrogens with one attached hydrogen (secondary N) is 3. The molecule has 2 amide bonds. The van der Waals surface area contributed by atoms with E-state index in [0.717, 1.165) is 5.56 Å². The summed E-state index contributed by atoms with van der Waals surface area (Å²) in [6, 6.07) is 16.6. The molecule has 3 N–H and O–H groups in total. The summed E-state index contributed by atoms with van der Waals surface area (Å²) in [6.45, 7) is 2.16. The van der Waals surface area contributed by atoms with Crippen LogP contribution in [-0.4, -0.2) is 25.4 Å². The van der Waals surface area contributed by atoms with Crippen molar-refractivity contribution in [3.63, 3.8) is 0 Å². The van der Waals surface area contributed by atoms with Gasteiger partial charge in [0.15, 0.2) is 0 Å². The van der Waals surface area contributed by atoms with Gasteiger partial charge in [-0.3, -0.25) is 9.59 Å². The molecule has 5 heteroatoms. The Labute approximate surface area is 136 Å². The Balaban J connectivity index is 2.03. The van der Waals surface area contributed by atoms with Crippen molar-refractivity contribution in [2.24, 2.45) is 0 Å². The van der Waals surface area contributed by atoms with Gasteiger partial charge in [-0.2, -0.15) is 0 Å². The first kappa shape index (κ1) is 16.7. The van der Waals surface area contributed by atoms with Crippen molar-refractivity contribution in [3.05, 3.63) is 65.7 Å². The van der Waals surface area contributed by atoms with Crippen LogP contribution in [0.4, 0.5) is 5.69 Å². The van der Waals surface area contributed by atoms with E-state index >= 15 is 0 Å². The summed E-state index contributed by atoms with van der Waals surface area (Å²) in [5, 5.41) is 8.47. The van der Waals surface area contributed by atoms with E-state index in [2.05, 4.69) is 16.0 Å². The highest BCUT2D eigenvalue weighted by Crippen LogP contribution is 2.14. The third-order valence-corrected chi connectivity index (χ3v) is 3.39. The topological polar surface area (TPSA) is 70.2 Å². The molecule has 0 bridgehead atoms. The minimum atomic E-state index is -0.175. The smallest absolute Gasteiger partial charge is 0.251 e. The molecular formula is C18H21N3O2. The number of anilines is 1. The highest BCUT2D eigenvalue weighted by atomic mass is 16.2. The number of amides is 2. The average molecular weight is 311 g/mol. The molecule has 0 saturated carbocycles. The second-order valence-corrected chi connectivity index (χ2v) is 5.27.